The number of carbonyl (C=O) groups is 1. The third-order valence-electron chi connectivity index (χ3n) is 3.14. The molecule has 2 fully saturated rings. The topological polar surface area (TPSA) is 53.5 Å². The Kier molecular flexibility index (Phi) is 2.91. The summed E-state index contributed by atoms with van der Waals surface area (Å²) in [4.78, 5) is 16.2. The van der Waals surface area contributed by atoms with Crippen LogP contribution in [0.4, 0.5) is 0 Å². The minimum absolute atomic E-state index is 0.0712. The molecule has 2 aliphatic rings. The van der Waals surface area contributed by atoms with Crippen molar-refractivity contribution in [2.24, 2.45) is 16.8 Å². The summed E-state index contributed by atoms with van der Waals surface area (Å²) in [5, 5.41) is 6.07. The molecule has 90 valence electrons. The number of guanidine groups is 1. The fourth-order valence-corrected chi connectivity index (χ4v) is 1.99. The Morgan fingerprint density at radius 2 is 2.19 bits per heavy atom. The van der Waals surface area contributed by atoms with Gasteiger partial charge in [0.25, 0.3) is 5.91 Å². The molecule has 1 atom stereocenters. The van der Waals surface area contributed by atoms with E-state index in [2.05, 4.69) is 29.5 Å². The van der Waals surface area contributed by atoms with Gasteiger partial charge in [-0.3, -0.25) is 15.1 Å². The molecule has 0 bridgehead atoms. The highest BCUT2D eigenvalue weighted by Gasteiger charge is 2.44. The molecule has 4 nitrogen and oxygen atoms in total. The number of carbonyl (C=O) groups excluding carboxylic acids is 1. The number of hydrogen-bond acceptors (Lipinski definition) is 2. The van der Waals surface area contributed by atoms with Crippen LogP contribution in [0.15, 0.2) is 4.99 Å². The minimum Gasteiger partial charge on any atom is -0.342 e. The van der Waals surface area contributed by atoms with E-state index in [0.29, 0.717) is 11.9 Å². The van der Waals surface area contributed by atoms with E-state index in [1.54, 1.807) is 0 Å². The normalized spacial score (nSPS) is 32.0. The van der Waals surface area contributed by atoms with Gasteiger partial charge in [0.1, 0.15) is 5.54 Å². The van der Waals surface area contributed by atoms with Gasteiger partial charge < -0.3 is 5.32 Å². The SMILES string of the molecule is CC(C)CN=C1NC(=O)C(C)(CC2CC2)N1. The van der Waals surface area contributed by atoms with E-state index in [1.165, 1.54) is 12.8 Å². The van der Waals surface area contributed by atoms with Gasteiger partial charge in [-0.1, -0.05) is 26.7 Å². The smallest absolute Gasteiger partial charge is 0.252 e. The lowest BCUT2D eigenvalue weighted by Gasteiger charge is -2.20. The minimum atomic E-state index is -0.434. The maximum atomic E-state index is 11.9. The van der Waals surface area contributed by atoms with Crippen LogP contribution in [0, 0.1) is 11.8 Å². The molecule has 0 aromatic rings. The number of nitrogens with zero attached hydrogens (tertiary/aromatic N) is 1. The first kappa shape index (κ1) is 11.4. The van der Waals surface area contributed by atoms with E-state index in [4.69, 9.17) is 0 Å². The van der Waals surface area contributed by atoms with Crippen LogP contribution in [-0.2, 0) is 4.79 Å². The maximum Gasteiger partial charge on any atom is 0.252 e. The van der Waals surface area contributed by atoms with Gasteiger partial charge in [-0.25, -0.2) is 0 Å². The van der Waals surface area contributed by atoms with Crippen LogP contribution in [-0.4, -0.2) is 24.0 Å². The summed E-state index contributed by atoms with van der Waals surface area (Å²) in [6.45, 7) is 6.95. The van der Waals surface area contributed by atoms with Crippen LogP contribution in [0.2, 0.25) is 0 Å². The molecule has 0 aromatic carbocycles. The third kappa shape index (κ3) is 2.54. The van der Waals surface area contributed by atoms with Gasteiger partial charge in [0.05, 0.1) is 0 Å². The highest BCUT2D eigenvalue weighted by molar-refractivity contribution is 6.08. The van der Waals surface area contributed by atoms with Gasteiger partial charge >= 0.3 is 0 Å². The predicted octanol–water partition coefficient (Wildman–Crippen LogP) is 1.28. The van der Waals surface area contributed by atoms with Crippen molar-refractivity contribution in [3.63, 3.8) is 0 Å². The molecule has 1 saturated heterocycles. The van der Waals surface area contributed by atoms with E-state index in [0.717, 1.165) is 18.9 Å². The molecule has 0 radical (unpaired) electrons. The molecule has 1 saturated carbocycles. The lowest BCUT2D eigenvalue weighted by atomic mass is 9.95. The standard InChI is InChI=1S/C12H21N3O/c1-8(2)7-13-11-14-10(16)12(3,15-11)6-9-4-5-9/h8-9H,4-7H2,1-3H3,(H2,13,14,15,16). The molecule has 1 heterocycles. The zero-order valence-electron chi connectivity index (χ0n) is 10.3. The van der Waals surface area contributed by atoms with Crippen LogP contribution >= 0.6 is 0 Å². The Labute approximate surface area is 96.9 Å². The third-order valence-corrected chi connectivity index (χ3v) is 3.14. The van der Waals surface area contributed by atoms with E-state index in [9.17, 15) is 4.79 Å². The van der Waals surface area contributed by atoms with Crippen molar-refractivity contribution in [1.82, 2.24) is 10.6 Å². The van der Waals surface area contributed by atoms with Gasteiger partial charge in [0, 0.05) is 6.54 Å². The van der Waals surface area contributed by atoms with E-state index in [1.807, 2.05) is 6.92 Å². The van der Waals surface area contributed by atoms with Crippen LogP contribution in [0.5, 0.6) is 0 Å². The van der Waals surface area contributed by atoms with Crippen molar-refractivity contribution in [3.8, 4) is 0 Å². The zero-order chi connectivity index (χ0) is 11.8. The van der Waals surface area contributed by atoms with Crippen LogP contribution < -0.4 is 10.6 Å². The Balaban J connectivity index is 1.96. The quantitative estimate of drug-likeness (QED) is 0.754. The Hall–Kier alpha value is -1.06. The molecule has 1 aliphatic carbocycles. The van der Waals surface area contributed by atoms with E-state index in [-0.39, 0.29) is 5.91 Å². The summed E-state index contributed by atoms with van der Waals surface area (Å²) in [5.74, 6) is 1.97. The van der Waals surface area contributed by atoms with Crippen molar-refractivity contribution in [2.45, 2.75) is 45.6 Å². The predicted molar refractivity (Wildman–Crippen MR) is 64.2 cm³/mol. The number of amides is 1. The van der Waals surface area contributed by atoms with Crippen LogP contribution in [0.1, 0.15) is 40.0 Å². The molecule has 1 amide bonds. The summed E-state index contributed by atoms with van der Waals surface area (Å²) in [7, 11) is 0. The summed E-state index contributed by atoms with van der Waals surface area (Å²) in [6.07, 6.45) is 3.46. The summed E-state index contributed by atoms with van der Waals surface area (Å²) < 4.78 is 0. The Morgan fingerprint density at radius 1 is 1.50 bits per heavy atom. The number of rotatable bonds is 4. The molecule has 1 unspecified atom stereocenters. The second kappa shape index (κ2) is 4.07. The van der Waals surface area contributed by atoms with Gasteiger partial charge in [-0.15, -0.1) is 0 Å². The van der Waals surface area contributed by atoms with Crippen LogP contribution in [0.25, 0.3) is 0 Å². The molecular weight excluding hydrogens is 202 g/mol. The van der Waals surface area contributed by atoms with Crippen molar-refractivity contribution in [3.05, 3.63) is 0 Å². The molecule has 0 spiro atoms. The first-order chi connectivity index (χ1) is 7.49. The second-order valence-electron chi connectivity index (χ2n) is 5.64. The molecule has 2 rings (SSSR count). The van der Waals surface area contributed by atoms with Crippen molar-refractivity contribution >= 4 is 11.9 Å². The maximum absolute atomic E-state index is 11.9. The average Bonchev–Trinajstić information content (AvgIpc) is 2.92. The fraction of sp³-hybridized carbons (Fsp3) is 0.833. The van der Waals surface area contributed by atoms with E-state index < -0.39 is 5.54 Å². The van der Waals surface area contributed by atoms with Crippen molar-refractivity contribution in [1.29, 1.82) is 0 Å². The summed E-state index contributed by atoms with van der Waals surface area (Å²) in [5.41, 5.74) is -0.434. The lowest BCUT2D eigenvalue weighted by molar-refractivity contribution is -0.123. The van der Waals surface area contributed by atoms with Crippen molar-refractivity contribution in [2.75, 3.05) is 6.54 Å². The van der Waals surface area contributed by atoms with E-state index >= 15 is 0 Å². The second-order valence-corrected chi connectivity index (χ2v) is 5.64. The Bertz CT molecular complexity index is 320. The first-order valence-corrected chi connectivity index (χ1v) is 6.14. The molecule has 2 N–H and O–H groups in total. The number of hydrogen-bond donors (Lipinski definition) is 2. The van der Waals surface area contributed by atoms with Gasteiger partial charge in [-0.2, -0.15) is 0 Å². The number of nitrogens with one attached hydrogen (secondary N) is 2. The summed E-state index contributed by atoms with van der Waals surface area (Å²) in [6, 6.07) is 0. The van der Waals surface area contributed by atoms with Crippen LogP contribution in [0.3, 0.4) is 0 Å². The van der Waals surface area contributed by atoms with Crippen molar-refractivity contribution < 1.29 is 4.79 Å². The highest BCUT2D eigenvalue weighted by Crippen LogP contribution is 2.37. The number of aliphatic imine (C=N–C) groups is 1. The Morgan fingerprint density at radius 3 is 2.75 bits per heavy atom. The molecule has 1 aliphatic heterocycles. The van der Waals surface area contributed by atoms with Gasteiger partial charge in [-0.05, 0) is 25.2 Å². The molecular formula is C12H21N3O. The average molecular weight is 223 g/mol. The molecule has 16 heavy (non-hydrogen) atoms. The fourth-order valence-electron chi connectivity index (χ4n) is 1.99. The van der Waals surface area contributed by atoms with Gasteiger partial charge in [0.15, 0.2) is 5.96 Å². The summed E-state index contributed by atoms with van der Waals surface area (Å²) >= 11 is 0. The lowest BCUT2D eigenvalue weighted by Crippen LogP contribution is -2.44. The monoisotopic (exact) mass is 223 g/mol. The highest BCUT2D eigenvalue weighted by atomic mass is 16.2. The molecule has 4 heteroatoms. The zero-order valence-corrected chi connectivity index (χ0v) is 10.3. The largest absolute Gasteiger partial charge is 0.342 e. The first-order valence-electron chi connectivity index (χ1n) is 6.14. The molecule has 0 aromatic heterocycles. The van der Waals surface area contributed by atoms with Gasteiger partial charge in [0.2, 0.25) is 0 Å².